The van der Waals surface area contributed by atoms with Crippen LogP contribution in [0.4, 0.5) is 0 Å². The molecule has 0 radical (unpaired) electrons. The molecule has 0 amide bonds. The summed E-state index contributed by atoms with van der Waals surface area (Å²) in [5.74, 6) is 0. The van der Waals surface area contributed by atoms with E-state index in [0.29, 0.717) is 0 Å². The predicted octanol–water partition coefficient (Wildman–Crippen LogP) is 2.04. The summed E-state index contributed by atoms with van der Waals surface area (Å²) in [4.78, 5) is 4.45. The van der Waals surface area contributed by atoms with Gasteiger partial charge in [0.15, 0.2) is 0 Å². The largest absolute Gasteiger partial charge is 0.324 e. The highest BCUT2D eigenvalue weighted by Gasteiger charge is 2.17. The average molecular weight is 250 g/mol. The summed E-state index contributed by atoms with van der Waals surface area (Å²) >= 11 is 1.67. The minimum absolute atomic E-state index is 0.0230. The van der Waals surface area contributed by atoms with Crippen molar-refractivity contribution < 1.29 is 0 Å². The lowest BCUT2D eigenvalue weighted by molar-refractivity contribution is 0.691. The van der Waals surface area contributed by atoms with E-state index in [1.165, 1.54) is 0 Å². The van der Waals surface area contributed by atoms with Crippen LogP contribution in [0.25, 0.3) is 0 Å². The van der Waals surface area contributed by atoms with E-state index < -0.39 is 0 Å². The molecule has 2 rings (SSSR count). The monoisotopic (exact) mass is 250 g/mol. The van der Waals surface area contributed by atoms with Gasteiger partial charge in [-0.05, 0) is 20.8 Å². The molecule has 1 unspecified atom stereocenters. The molecule has 0 saturated carbocycles. The standard InChI is InChI=1S/C12H18N4S/c1-7-12(8(2)16(4)15-7)11(13)5-10-6-17-9(3)14-10/h6,11H,5,13H2,1-4H3. The lowest BCUT2D eigenvalue weighted by Gasteiger charge is -2.10. The Labute approximate surface area is 105 Å². The molecule has 1 atom stereocenters. The molecule has 4 nitrogen and oxygen atoms in total. The van der Waals surface area contributed by atoms with Gasteiger partial charge >= 0.3 is 0 Å². The molecule has 2 aromatic rings. The summed E-state index contributed by atoms with van der Waals surface area (Å²) < 4.78 is 1.89. The van der Waals surface area contributed by atoms with Gasteiger partial charge in [-0.2, -0.15) is 5.10 Å². The number of hydrogen-bond donors (Lipinski definition) is 1. The highest BCUT2D eigenvalue weighted by Crippen LogP contribution is 2.23. The Morgan fingerprint density at radius 3 is 2.59 bits per heavy atom. The minimum atomic E-state index is -0.0230. The first-order valence-corrected chi connectivity index (χ1v) is 6.53. The predicted molar refractivity (Wildman–Crippen MR) is 70.2 cm³/mol. The molecule has 2 N–H and O–H groups in total. The summed E-state index contributed by atoms with van der Waals surface area (Å²) in [5, 5.41) is 7.57. The van der Waals surface area contributed by atoms with E-state index in [2.05, 4.69) is 22.4 Å². The Hall–Kier alpha value is -1.20. The van der Waals surface area contributed by atoms with Gasteiger partial charge in [0.25, 0.3) is 0 Å². The molecule has 2 heterocycles. The lowest BCUT2D eigenvalue weighted by atomic mass is 10.0. The molecular formula is C12H18N4S. The molecule has 0 saturated heterocycles. The van der Waals surface area contributed by atoms with E-state index in [4.69, 9.17) is 5.73 Å². The maximum absolute atomic E-state index is 6.26. The highest BCUT2D eigenvalue weighted by atomic mass is 32.1. The summed E-state index contributed by atoms with van der Waals surface area (Å²) in [7, 11) is 1.95. The van der Waals surface area contributed by atoms with E-state index >= 15 is 0 Å². The summed E-state index contributed by atoms with van der Waals surface area (Å²) in [5.41, 5.74) is 10.6. The van der Waals surface area contributed by atoms with Crippen LogP contribution in [0, 0.1) is 20.8 Å². The Balaban J connectivity index is 2.22. The van der Waals surface area contributed by atoms with Crippen molar-refractivity contribution >= 4 is 11.3 Å². The normalized spacial score (nSPS) is 13.0. The summed E-state index contributed by atoms with van der Waals surface area (Å²) in [6.45, 7) is 6.08. The first kappa shape index (κ1) is 12.3. The van der Waals surface area contributed by atoms with Gasteiger partial charge in [0, 0.05) is 36.1 Å². The fourth-order valence-electron chi connectivity index (χ4n) is 2.16. The van der Waals surface area contributed by atoms with Crippen molar-refractivity contribution in [2.24, 2.45) is 12.8 Å². The average Bonchev–Trinajstić information content (AvgIpc) is 2.73. The quantitative estimate of drug-likeness (QED) is 0.907. The van der Waals surface area contributed by atoms with Crippen LogP contribution in [0.2, 0.25) is 0 Å². The molecular weight excluding hydrogens is 232 g/mol. The molecule has 2 aromatic heterocycles. The number of rotatable bonds is 3. The van der Waals surface area contributed by atoms with Crippen LogP contribution < -0.4 is 5.73 Å². The maximum atomic E-state index is 6.26. The van der Waals surface area contributed by atoms with Gasteiger partial charge in [-0.3, -0.25) is 4.68 Å². The number of hydrogen-bond acceptors (Lipinski definition) is 4. The van der Waals surface area contributed by atoms with Crippen molar-refractivity contribution in [3.8, 4) is 0 Å². The van der Waals surface area contributed by atoms with Crippen LogP contribution in [0.5, 0.6) is 0 Å². The van der Waals surface area contributed by atoms with E-state index in [1.807, 2.05) is 25.6 Å². The van der Waals surface area contributed by atoms with Gasteiger partial charge in [-0.1, -0.05) is 0 Å². The molecule has 0 spiro atoms. The third kappa shape index (κ3) is 2.40. The second-order valence-electron chi connectivity index (χ2n) is 4.38. The van der Waals surface area contributed by atoms with E-state index in [-0.39, 0.29) is 6.04 Å². The first-order chi connectivity index (χ1) is 7.99. The molecule has 17 heavy (non-hydrogen) atoms. The van der Waals surface area contributed by atoms with E-state index in [1.54, 1.807) is 11.3 Å². The molecule has 92 valence electrons. The zero-order chi connectivity index (χ0) is 12.6. The van der Waals surface area contributed by atoms with Crippen molar-refractivity contribution in [1.29, 1.82) is 0 Å². The van der Waals surface area contributed by atoms with Gasteiger partial charge in [-0.25, -0.2) is 4.98 Å². The van der Waals surface area contributed by atoms with Crippen LogP contribution in [0.3, 0.4) is 0 Å². The molecule has 0 aliphatic rings. The number of thiazole rings is 1. The lowest BCUT2D eigenvalue weighted by Crippen LogP contribution is -2.15. The smallest absolute Gasteiger partial charge is 0.0897 e. The summed E-state index contributed by atoms with van der Waals surface area (Å²) in [6.07, 6.45) is 0.776. The SMILES string of the molecule is Cc1nc(CC(N)c2c(C)nn(C)c2C)cs1. The number of aromatic nitrogens is 3. The molecule has 0 fully saturated rings. The number of nitrogens with two attached hydrogens (primary N) is 1. The maximum Gasteiger partial charge on any atom is 0.0897 e. The molecule has 0 aliphatic carbocycles. The van der Waals surface area contributed by atoms with E-state index in [9.17, 15) is 0 Å². The van der Waals surface area contributed by atoms with E-state index in [0.717, 1.165) is 34.1 Å². The Morgan fingerprint density at radius 2 is 2.12 bits per heavy atom. The zero-order valence-electron chi connectivity index (χ0n) is 10.7. The van der Waals surface area contributed by atoms with Gasteiger partial charge in [0.1, 0.15) is 0 Å². The fraction of sp³-hybridized carbons (Fsp3) is 0.500. The van der Waals surface area contributed by atoms with Gasteiger partial charge in [0.05, 0.1) is 16.4 Å². The van der Waals surface area contributed by atoms with Crippen molar-refractivity contribution in [1.82, 2.24) is 14.8 Å². The first-order valence-electron chi connectivity index (χ1n) is 5.65. The van der Waals surface area contributed by atoms with Gasteiger partial charge in [0.2, 0.25) is 0 Å². The Kier molecular flexibility index (Phi) is 3.31. The van der Waals surface area contributed by atoms with Crippen molar-refractivity contribution in [3.05, 3.63) is 33.0 Å². The number of nitrogens with zero attached hydrogens (tertiary/aromatic N) is 3. The summed E-state index contributed by atoms with van der Waals surface area (Å²) in [6, 6.07) is -0.0230. The van der Waals surface area contributed by atoms with Gasteiger partial charge < -0.3 is 5.73 Å². The van der Waals surface area contributed by atoms with Crippen molar-refractivity contribution in [2.45, 2.75) is 33.2 Å². The molecule has 0 bridgehead atoms. The molecule has 5 heteroatoms. The van der Waals surface area contributed by atoms with Crippen LogP contribution in [0.15, 0.2) is 5.38 Å². The second kappa shape index (κ2) is 4.58. The third-order valence-electron chi connectivity index (χ3n) is 3.03. The Morgan fingerprint density at radius 1 is 1.41 bits per heavy atom. The van der Waals surface area contributed by atoms with Crippen LogP contribution in [-0.2, 0) is 13.5 Å². The minimum Gasteiger partial charge on any atom is -0.324 e. The molecule has 0 aromatic carbocycles. The topological polar surface area (TPSA) is 56.7 Å². The van der Waals surface area contributed by atoms with Crippen LogP contribution in [-0.4, -0.2) is 14.8 Å². The van der Waals surface area contributed by atoms with Crippen molar-refractivity contribution in [3.63, 3.8) is 0 Å². The van der Waals surface area contributed by atoms with Crippen molar-refractivity contribution in [2.75, 3.05) is 0 Å². The van der Waals surface area contributed by atoms with Crippen LogP contribution >= 0.6 is 11.3 Å². The highest BCUT2D eigenvalue weighted by molar-refractivity contribution is 7.09. The second-order valence-corrected chi connectivity index (χ2v) is 5.44. The molecule has 0 aliphatic heterocycles. The zero-order valence-corrected chi connectivity index (χ0v) is 11.5. The Bertz CT molecular complexity index is 527. The third-order valence-corrected chi connectivity index (χ3v) is 3.85. The van der Waals surface area contributed by atoms with Crippen LogP contribution in [0.1, 0.15) is 33.7 Å². The number of aryl methyl sites for hydroxylation is 3. The fourth-order valence-corrected chi connectivity index (χ4v) is 2.78. The van der Waals surface area contributed by atoms with Gasteiger partial charge in [-0.15, -0.1) is 11.3 Å².